The lowest BCUT2D eigenvalue weighted by Gasteiger charge is -2.32. The lowest BCUT2D eigenvalue weighted by Crippen LogP contribution is -2.41. The predicted octanol–water partition coefficient (Wildman–Crippen LogP) is 6.06. The first-order chi connectivity index (χ1) is 14.4. The highest BCUT2D eigenvalue weighted by molar-refractivity contribution is 7.26. The Morgan fingerprint density at radius 1 is 0.700 bits per heavy atom. The number of hydrogen-bond acceptors (Lipinski definition) is 4. The number of hydrogen-bond donors (Lipinski definition) is 0. The Labute approximate surface area is 179 Å². The standard InChI is InChI=1S/C25H22BNO2S/c1-24(2)25(3,4)29-26(28-24)23-16-10-6-5-9-15(16)21-18(27-23)13-14-20-22(21)17-11-7-8-12-19(17)30-20/h5-14H,1-4H3. The summed E-state index contributed by atoms with van der Waals surface area (Å²) in [4.78, 5) is 5.11. The summed E-state index contributed by atoms with van der Waals surface area (Å²) in [6, 6.07) is 21.4. The van der Waals surface area contributed by atoms with E-state index in [0.717, 1.165) is 16.5 Å². The van der Waals surface area contributed by atoms with Gasteiger partial charge in [0.1, 0.15) is 0 Å². The highest BCUT2D eigenvalue weighted by Crippen LogP contribution is 2.41. The molecule has 148 valence electrons. The Morgan fingerprint density at radius 2 is 1.33 bits per heavy atom. The summed E-state index contributed by atoms with van der Waals surface area (Å²) >= 11 is 1.84. The Kier molecular flexibility index (Phi) is 3.69. The van der Waals surface area contributed by atoms with E-state index >= 15 is 0 Å². The van der Waals surface area contributed by atoms with Crippen molar-refractivity contribution in [3.63, 3.8) is 0 Å². The first-order valence-electron chi connectivity index (χ1n) is 10.3. The molecule has 1 fully saturated rings. The maximum absolute atomic E-state index is 6.37. The van der Waals surface area contributed by atoms with Gasteiger partial charge in [-0.3, -0.25) is 4.98 Å². The molecule has 6 rings (SSSR count). The second-order valence-corrected chi connectivity index (χ2v) is 10.1. The minimum Gasteiger partial charge on any atom is -0.398 e. The summed E-state index contributed by atoms with van der Waals surface area (Å²) < 4.78 is 15.3. The molecule has 0 N–H and O–H groups in total. The van der Waals surface area contributed by atoms with Crippen LogP contribution in [0, 0.1) is 0 Å². The van der Waals surface area contributed by atoms with Crippen LogP contribution < -0.4 is 5.59 Å². The SMILES string of the molecule is CC1(C)OB(c2nc3ccc4sc5ccccc5c4c3c3ccccc23)OC1(C)C. The third-order valence-corrected chi connectivity index (χ3v) is 7.85. The molecule has 3 aromatic carbocycles. The van der Waals surface area contributed by atoms with Crippen LogP contribution in [-0.2, 0) is 9.31 Å². The van der Waals surface area contributed by atoms with Crippen molar-refractivity contribution in [1.29, 1.82) is 0 Å². The molecular formula is C25H22BNO2S. The van der Waals surface area contributed by atoms with Crippen molar-refractivity contribution in [2.45, 2.75) is 38.9 Å². The number of thiophene rings is 1. The van der Waals surface area contributed by atoms with Gasteiger partial charge in [-0.25, -0.2) is 0 Å². The van der Waals surface area contributed by atoms with E-state index in [1.165, 1.54) is 30.9 Å². The molecule has 0 radical (unpaired) electrons. The molecule has 0 unspecified atom stereocenters. The summed E-state index contributed by atoms with van der Waals surface area (Å²) in [6.07, 6.45) is 0. The number of benzene rings is 3. The lowest BCUT2D eigenvalue weighted by atomic mass is 9.80. The van der Waals surface area contributed by atoms with Crippen molar-refractivity contribution in [1.82, 2.24) is 4.98 Å². The first-order valence-corrected chi connectivity index (χ1v) is 11.2. The van der Waals surface area contributed by atoms with E-state index in [2.05, 4.69) is 88.4 Å². The average molecular weight is 411 g/mol. The molecule has 5 heteroatoms. The summed E-state index contributed by atoms with van der Waals surface area (Å²) in [7, 11) is -0.487. The highest BCUT2D eigenvalue weighted by atomic mass is 32.1. The Bertz CT molecular complexity index is 1450. The monoisotopic (exact) mass is 411 g/mol. The van der Waals surface area contributed by atoms with E-state index in [1.54, 1.807) is 0 Å². The van der Waals surface area contributed by atoms with Gasteiger partial charge in [0.2, 0.25) is 0 Å². The topological polar surface area (TPSA) is 31.4 Å². The fraction of sp³-hybridized carbons (Fsp3) is 0.240. The third-order valence-electron chi connectivity index (χ3n) is 6.71. The van der Waals surface area contributed by atoms with E-state index < -0.39 is 18.3 Å². The van der Waals surface area contributed by atoms with Gasteiger partial charge in [-0.05, 0) is 51.3 Å². The number of pyridine rings is 1. The van der Waals surface area contributed by atoms with Crippen LogP contribution >= 0.6 is 11.3 Å². The lowest BCUT2D eigenvalue weighted by molar-refractivity contribution is 0.00578. The summed E-state index contributed by atoms with van der Waals surface area (Å²) in [5, 5.41) is 6.07. The number of aromatic nitrogens is 1. The van der Waals surface area contributed by atoms with Gasteiger partial charge in [0.25, 0.3) is 0 Å². The molecule has 3 nitrogen and oxygen atoms in total. The molecule has 0 atom stereocenters. The zero-order valence-electron chi connectivity index (χ0n) is 17.5. The van der Waals surface area contributed by atoms with Gasteiger partial charge < -0.3 is 9.31 Å². The molecule has 0 amide bonds. The Morgan fingerprint density at radius 3 is 2.07 bits per heavy atom. The largest absolute Gasteiger partial charge is 0.515 e. The van der Waals surface area contributed by atoms with Crippen LogP contribution in [0.5, 0.6) is 0 Å². The maximum atomic E-state index is 6.37. The molecule has 0 spiro atoms. The molecule has 0 saturated carbocycles. The van der Waals surface area contributed by atoms with E-state index in [9.17, 15) is 0 Å². The zero-order valence-corrected chi connectivity index (χ0v) is 18.3. The van der Waals surface area contributed by atoms with Crippen molar-refractivity contribution in [3.05, 3.63) is 60.7 Å². The van der Waals surface area contributed by atoms with E-state index in [1.807, 2.05) is 11.3 Å². The average Bonchev–Trinajstić information content (AvgIpc) is 3.20. The molecule has 2 aromatic heterocycles. The second kappa shape index (κ2) is 6.04. The minimum absolute atomic E-state index is 0.400. The van der Waals surface area contributed by atoms with Crippen LogP contribution in [0.2, 0.25) is 0 Å². The predicted molar refractivity (Wildman–Crippen MR) is 128 cm³/mol. The minimum atomic E-state index is -0.487. The molecule has 1 aliphatic rings. The molecule has 1 saturated heterocycles. The molecule has 5 aromatic rings. The van der Waals surface area contributed by atoms with Crippen LogP contribution in [0.3, 0.4) is 0 Å². The van der Waals surface area contributed by atoms with E-state index in [4.69, 9.17) is 14.3 Å². The van der Waals surface area contributed by atoms with Crippen LogP contribution in [-0.4, -0.2) is 23.3 Å². The maximum Gasteiger partial charge on any atom is 0.515 e. The van der Waals surface area contributed by atoms with Crippen molar-refractivity contribution in [2.24, 2.45) is 0 Å². The molecule has 0 bridgehead atoms. The number of nitrogens with zero attached hydrogens (tertiary/aromatic N) is 1. The van der Waals surface area contributed by atoms with Crippen molar-refractivity contribution in [2.75, 3.05) is 0 Å². The van der Waals surface area contributed by atoms with Crippen LogP contribution in [0.1, 0.15) is 27.7 Å². The Balaban J connectivity index is 1.71. The summed E-state index contributed by atoms with van der Waals surface area (Å²) in [5.41, 5.74) is 1.04. The van der Waals surface area contributed by atoms with Gasteiger partial charge in [-0.2, -0.15) is 0 Å². The van der Waals surface area contributed by atoms with Gasteiger partial charge >= 0.3 is 7.12 Å². The summed E-state index contributed by atoms with van der Waals surface area (Å²) in [5.74, 6) is 0. The second-order valence-electron chi connectivity index (χ2n) is 9.06. The first kappa shape index (κ1) is 18.3. The zero-order chi connectivity index (χ0) is 20.7. The molecular weight excluding hydrogens is 389 g/mol. The van der Waals surface area contributed by atoms with Gasteiger partial charge in [0, 0.05) is 30.9 Å². The van der Waals surface area contributed by atoms with E-state index in [0.29, 0.717) is 0 Å². The molecule has 0 aliphatic carbocycles. The van der Waals surface area contributed by atoms with Crippen LogP contribution in [0.15, 0.2) is 60.7 Å². The van der Waals surface area contributed by atoms with Gasteiger partial charge in [0.05, 0.1) is 22.3 Å². The van der Waals surface area contributed by atoms with E-state index in [-0.39, 0.29) is 0 Å². The normalized spacial score (nSPS) is 18.2. The highest BCUT2D eigenvalue weighted by Gasteiger charge is 2.52. The summed E-state index contributed by atoms with van der Waals surface area (Å²) in [6.45, 7) is 8.32. The van der Waals surface area contributed by atoms with Crippen molar-refractivity contribution >= 4 is 65.9 Å². The third kappa shape index (κ3) is 2.43. The van der Waals surface area contributed by atoms with Gasteiger partial charge in [-0.15, -0.1) is 11.3 Å². The smallest absolute Gasteiger partial charge is 0.398 e. The quantitative estimate of drug-likeness (QED) is 0.248. The van der Waals surface area contributed by atoms with Crippen LogP contribution in [0.25, 0.3) is 41.8 Å². The molecule has 1 aliphatic heterocycles. The molecule has 30 heavy (non-hydrogen) atoms. The molecule has 3 heterocycles. The van der Waals surface area contributed by atoms with Crippen molar-refractivity contribution in [3.8, 4) is 0 Å². The van der Waals surface area contributed by atoms with Crippen LogP contribution in [0.4, 0.5) is 0 Å². The van der Waals surface area contributed by atoms with Gasteiger partial charge in [0.15, 0.2) is 0 Å². The Hall–Kier alpha value is -2.47. The fourth-order valence-corrected chi connectivity index (χ4v) is 5.53. The number of rotatable bonds is 1. The number of fused-ring (bicyclic) bond motifs is 7. The van der Waals surface area contributed by atoms with Gasteiger partial charge in [-0.1, -0.05) is 42.5 Å². The van der Waals surface area contributed by atoms with Crippen molar-refractivity contribution < 1.29 is 9.31 Å². The fourth-order valence-electron chi connectivity index (χ4n) is 4.42.